The van der Waals surface area contributed by atoms with Gasteiger partial charge in [0.05, 0.1) is 19.8 Å². The Morgan fingerprint density at radius 2 is 2.14 bits per heavy atom. The van der Waals surface area contributed by atoms with Crippen LogP contribution in [0.15, 0.2) is 18.2 Å². The van der Waals surface area contributed by atoms with Crippen LogP contribution in [0.4, 0.5) is 0 Å². The lowest BCUT2D eigenvalue weighted by Gasteiger charge is -2.15. The van der Waals surface area contributed by atoms with Crippen LogP contribution in [0.2, 0.25) is 0 Å². The predicted octanol–water partition coefficient (Wildman–Crippen LogP) is 1.28. The van der Waals surface area contributed by atoms with Crippen molar-refractivity contribution in [3.8, 4) is 11.4 Å². The Morgan fingerprint density at radius 3 is 2.86 bits per heavy atom. The molecule has 1 heterocycles. The van der Waals surface area contributed by atoms with Gasteiger partial charge in [-0.05, 0) is 42.0 Å². The number of methoxy groups -OCH3 is 2. The molecule has 0 spiro atoms. The summed E-state index contributed by atoms with van der Waals surface area (Å²) in [6.07, 6.45) is 0. The van der Waals surface area contributed by atoms with Crippen LogP contribution in [0.5, 0.6) is 5.75 Å². The molecule has 114 valence electrons. The highest BCUT2D eigenvalue weighted by atomic mass is 16.5. The van der Waals surface area contributed by atoms with Crippen molar-refractivity contribution in [1.82, 2.24) is 25.5 Å². The second kappa shape index (κ2) is 7.14. The Hall–Kier alpha value is -1.99. The average Bonchev–Trinajstić information content (AvgIpc) is 2.96. The lowest BCUT2D eigenvalue weighted by Crippen LogP contribution is -2.25. The monoisotopic (exact) mass is 291 g/mol. The van der Waals surface area contributed by atoms with Gasteiger partial charge in [0.15, 0.2) is 5.82 Å². The summed E-state index contributed by atoms with van der Waals surface area (Å²) in [4.78, 5) is 0. The number of rotatable bonds is 7. The summed E-state index contributed by atoms with van der Waals surface area (Å²) >= 11 is 0. The molecule has 1 aromatic heterocycles. The summed E-state index contributed by atoms with van der Waals surface area (Å²) in [5.41, 5.74) is 1.95. The number of benzene rings is 1. The summed E-state index contributed by atoms with van der Waals surface area (Å²) in [6, 6.07) is 5.91. The largest absolute Gasteiger partial charge is 0.494 e. The Morgan fingerprint density at radius 1 is 1.33 bits per heavy atom. The van der Waals surface area contributed by atoms with Crippen LogP contribution >= 0.6 is 0 Å². The molecule has 0 saturated carbocycles. The highest BCUT2D eigenvalue weighted by Gasteiger charge is 2.17. The smallest absolute Gasteiger partial charge is 0.173 e. The zero-order valence-electron chi connectivity index (χ0n) is 12.8. The zero-order valence-corrected chi connectivity index (χ0v) is 12.8. The van der Waals surface area contributed by atoms with Gasteiger partial charge in [-0.15, -0.1) is 5.10 Å². The third-order valence-electron chi connectivity index (χ3n) is 3.20. The van der Waals surface area contributed by atoms with Crippen LogP contribution in [0.1, 0.15) is 24.4 Å². The first-order chi connectivity index (χ1) is 10.2. The molecule has 2 aromatic rings. The Bertz CT molecular complexity index is 584. The van der Waals surface area contributed by atoms with Crippen molar-refractivity contribution in [2.45, 2.75) is 19.9 Å². The van der Waals surface area contributed by atoms with Gasteiger partial charge in [0.25, 0.3) is 0 Å². The van der Waals surface area contributed by atoms with Gasteiger partial charge >= 0.3 is 0 Å². The van der Waals surface area contributed by atoms with Gasteiger partial charge in [-0.3, -0.25) is 0 Å². The zero-order chi connectivity index (χ0) is 15.2. The SMILES string of the molecule is COCCNC(C)c1nnnn1-c1cc(C)ccc1OC. The fourth-order valence-electron chi connectivity index (χ4n) is 2.07. The number of nitrogens with one attached hydrogen (secondary N) is 1. The summed E-state index contributed by atoms with van der Waals surface area (Å²) in [7, 11) is 3.31. The molecule has 2 rings (SSSR count). The molecule has 1 aromatic carbocycles. The van der Waals surface area contributed by atoms with E-state index in [9.17, 15) is 0 Å². The van der Waals surface area contributed by atoms with Crippen LogP contribution in [0, 0.1) is 6.92 Å². The normalized spacial score (nSPS) is 12.4. The van der Waals surface area contributed by atoms with Crippen molar-refractivity contribution < 1.29 is 9.47 Å². The highest BCUT2D eigenvalue weighted by molar-refractivity contribution is 5.48. The predicted molar refractivity (Wildman–Crippen MR) is 78.7 cm³/mol. The summed E-state index contributed by atoms with van der Waals surface area (Å²) in [5, 5.41) is 15.3. The summed E-state index contributed by atoms with van der Waals surface area (Å²) in [6.45, 7) is 5.41. The molecule has 7 heteroatoms. The molecule has 0 aliphatic heterocycles. The molecule has 0 bridgehead atoms. The first-order valence-corrected chi connectivity index (χ1v) is 6.83. The van der Waals surface area contributed by atoms with Crippen LogP contribution in [0.3, 0.4) is 0 Å². The van der Waals surface area contributed by atoms with Crippen molar-refractivity contribution in [2.24, 2.45) is 0 Å². The van der Waals surface area contributed by atoms with E-state index in [1.165, 1.54) is 0 Å². The maximum absolute atomic E-state index is 5.40. The van der Waals surface area contributed by atoms with Crippen LogP contribution in [-0.4, -0.2) is 47.6 Å². The van der Waals surface area contributed by atoms with Gasteiger partial charge in [0.2, 0.25) is 0 Å². The summed E-state index contributed by atoms with van der Waals surface area (Å²) < 4.78 is 12.1. The number of hydrogen-bond donors (Lipinski definition) is 1. The van der Waals surface area contributed by atoms with Gasteiger partial charge < -0.3 is 14.8 Å². The fourth-order valence-corrected chi connectivity index (χ4v) is 2.07. The molecule has 0 saturated heterocycles. The van der Waals surface area contributed by atoms with Gasteiger partial charge in [0, 0.05) is 13.7 Å². The third-order valence-corrected chi connectivity index (χ3v) is 3.20. The van der Waals surface area contributed by atoms with Crippen molar-refractivity contribution in [1.29, 1.82) is 0 Å². The van der Waals surface area contributed by atoms with Crippen LogP contribution in [0.25, 0.3) is 5.69 Å². The standard InChI is InChI=1S/C14H21N5O2/c1-10-5-6-13(21-4)12(9-10)19-14(16-17-18-19)11(2)15-7-8-20-3/h5-6,9,11,15H,7-8H2,1-4H3. The van der Waals surface area contributed by atoms with E-state index in [0.29, 0.717) is 6.61 Å². The number of aromatic nitrogens is 4. The Labute approximate surface area is 124 Å². The van der Waals surface area contributed by atoms with Gasteiger partial charge in [0.1, 0.15) is 11.4 Å². The first-order valence-electron chi connectivity index (χ1n) is 6.83. The number of hydrogen-bond acceptors (Lipinski definition) is 6. The number of tetrazole rings is 1. The van der Waals surface area contributed by atoms with E-state index >= 15 is 0 Å². The quantitative estimate of drug-likeness (QED) is 0.775. The van der Waals surface area contributed by atoms with E-state index in [1.807, 2.05) is 32.0 Å². The molecule has 1 atom stereocenters. The molecule has 21 heavy (non-hydrogen) atoms. The molecule has 1 N–H and O–H groups in total. The lowest BCUT2D eigenvalue weighted by molar-refractivity contribution is 0.196. The van der Waals surface area contributed by atoms with Crippen molar-refractivity contribution in [2.75, 3.05) is 27.4 Å². The van der Waals surface area contributed by atoms with Crippen molar-refractivity contribution in [3.63, 3.8) is 0 Å². The summed E-state index contributed by atoms with van der Waals surface area (Å²) in [5.74, 6) is 1.47. The molecule has 0 radical (unpaired) electrons. The molecule has 0 aliphatic carbocycles. The third kappa shape index (κ3) is 3.56. The number of nitrogens with zero attached hydrogens (tertiary/aromatic N) is 4. The minimum Gasteiger partial charge on any atom is -0.494 e. The highest BCUT2D eigenvalue weighted by Crippen LogP contribution is 2.25. The molecular formula is C14H21N5O2. The molecule has 0 fully saturated rings. The minimum absolute atomic E-state index is 0.000341. The minimum atomic E-state index is 0.000341. The molecule has 0 aliphatic rings. The van der Waals surface area contributed by atoms with Gasteiger partial charge in [-0.25, -0.2) is 0 Å². The maximum Gasteiger partial charge on any atom is 0.173 e. The lowest BCUT2D eigenvalue weighted by atomic mass is 10.2. The maximum atomic E-state index is 5.40. The van der Waals surface area contributed by atoms with E-state index in [-0.39, 0.29) is 6.04 Å². The van der Waals surface area contributed by atoms with E-state index < -0.39 is 0 Å². The fraction of sp³-hybridized carbons (Fsp3) is 0.500. The second-order valence-electron chi connectivity index (χ2n) is 4.79. The van der Waals surface area contributed by atoms with Gasteiger partial charge in [-0.1, -0.05) is 6.07 Å². The first kappa shape index (κ1) is 15.4. The van der Waals surface area contributed by atoms with E-state index in [2.05, 4.69) is 20.8 Å². The average molecular weight is 291 g/mol. The Balaban J connectivity index is 2.29. The molecule has 7 nitrogen and oxygen atoms in total. The number of aryl methyl sites for hydroxylation is 1. The van der Waals surface area contributed by atoms with E-state index in [0.717, 1.165) is 29.4 Å². The molecule has 0 amide bonds. The van der Waals surface area contributed by atoms with Crippen LogP contribution in [-0.2, 0) is 4.74 Å². The number of ether oxygens (including phenoxy) is 2. The topological polar surface area (TPSA) is 74.1 Å². The second-order valence-corrected chi connectivity index (χ2v) is 4.79. The molecular weight excluding hydrogens is 270 g/mol. The molecule has 1 unspecified atom stereocenters. The van der Waals surface area contributed by atoms with Crippen molar-refractivity contribution in [3.05, 3.63) is 29.6 Å². The van der Waals surface area contributed by atoms with E-state index in [1.54, 1.807) is 18.9 Å². The van der Waals surface area contributed by atoms with Crippen molar-refractivity contribution >= 4 is 0 Å². The van der Waals surface area contributed by atoms with Gasteiger partial charge in [-0.2, -0.15) is 4.68 Å². The Kier molecular flexibility index (Phi) is 5.24. The van der Waals surface area contributed by atoms with Crippen LogP contribution < -0.4 is 10.1 Å². The van der Waals surface area contributed by atoms with E-state index in [4.69, 9.17) is 9.47 Å².